The highest BCUT2D eigenvalue weighted by Crippen LogP contribution is 2.07. The minimum absolute atomic E-state index is 0.0966. The number of hydrogen-bond donors (Lipinski definition) is 2. The van der Waals surface area contributed by atoms with Gasteiger partial charge in [0.1, 0.15) is 0 Å². The number of amides is 1. The van der Waals surface area contributed by atoms with E-state index in [-0.39, 0.29) is 11.6 Å². The van der Waals surface area contributed by atoms with Gasteiger partial charge in [-0.3, -0.25) is 10.1 Å². The maximum absolute atomic E-state index is 10.6. The summed E-state index contributed by atoms with van der Waals surface area (Å²) in [6, 6.07) is 0. The molecule has 1 unspecified atom stereocenters. The Balaban J connectivity index is 2.54. The summed E-state index contributed by atoms with van der Waals surface area (Å²) < 4.78 is 0. The molecule has 1 aliphatic heterocycles. The third-order valence-corrected chi connectivity index (χ3v) is 1.76. The van der Waals surface area contributed by atoms with Crippen LogP contribution in [0.4, 0.5) is 0 Å². The summed E-state index contributed by atoms with van der Waals surface area (Å²) in [7, 11) is 0. The van der Waals surface area contributed by atoms with Gasteiger partial charge in [-0.25, -0.2) is 0 Å². The highest BCUT2D eigenvalue weighted by atomic mass is 16.2. The van der Waals surface area contributed by atoms with Crippen molar-refractivity contribution in [2.24, 2.45) is 0 Å². The third-order valence-electron chi connectivity index (χ3n) is 1.76. The van der Waals surface area contributed by atoms with Crippen molar-refractivity contribution in [3.8, 4) is 0 Å². The Kier molecular flexibility index (Phi) is 1.45. The minimum atomic E-state index is -0.142. The summed E-state index contributed by atoms with van der Waals surface area (Å²) in [4.78, 5) is 10.6. The first-order valence-electron chi connectivity index (χ1n) is 3.22. The zero-order chi connectivity index (χ0) is 6.91. The second kappa shape index (κ2) is 1.99. The first-order valence-corrected chi connectivity index (χ1v) is 3.22. The van der Waals surface area contributed by atoms with Crippen molar-refractivity contribution in [1.29, 1.82) is 0 Å². The zero-order valence-corrected chi connectivity index (χ0v) is 5.82. The largest absolute Gasteiger partial charge is 0.337 e. The molecule has 9 heavy (non-hydrogen) atoms. The van der Waals surface area contributed by atoms with Crippen LogP contribution >= 0.6 is 0 Å². The molecule has 0 bridgehead atoms. The molecule has 2 N–H and O–H groups in total. The second-order valence-electron chi connectivity index (χ2n) is 2.59. The molecule has 1 amide bonds. The zero-order valence-electron chi connectivity index (χ0n) is 5.82. The Morgan fingerprint density at radius 2 is 2.44 bits per heavy atom. The van der Waals surface area contributed by atoms with Gasteiger partial charge in [-0.15, -0.1) is 0 Å². The number of hydrogen-bond acceptors (Lipinski definition) is 2. The van der Waals surface area contributed by atoms with Gasteiger partial charge in [-0.1, -0.05) is 6.92 Å². The van der Waals surface area contributed by atoms with E-state index in [1.807, 2.05) is 13.8 Å². The van der Waals surface area contributed by atoms with E-state index in [4.69, 9.17) is 0 Å². The summed E-state index contributed by atoms with van der Waals surface area (Å²) in [5.74, 6) is 0.0966. The molecule has 3 nitrogen and oxygen atoms in total. The van der Waals surface area contributed by atoms with Crippen LogP contribution in [0.2, 0.25) is 0 Å². The summed E-state index contributed by atoms with van der Waals surface area (Å²) in [6.45, 7) is 4.49. The van der Waals surface area contributed by atoms with Gasteiger partial charge in [0.05, 0.1) is 12.2 Å². The second-order valence-corrected chi connectivity index (χ2v) is 2.59. The van der Waals surface area contributed by atoms with Crippen LogP contribution < -0.4 is 10.6 Å². The van der Waals surface area contributed by atoms with Gasteiger partial charge in [0.2, 0.25) is 5.91 Å². The molecule has 1 atom stereocenters. The fourth-order valence-electron chi connectivity index (χ4n) is 0.885. The molecule has 1 aliphatic rings. The van der Waals surface area contributed by atoms with E-state index < -0.39 is 0 Å². The smallest absolute Gasteiger partial charge is 0.235 e. The predicted molar refractivity (Wildman–Crippen MR) is 34.8 cm³/mol. The molecule has 0 aliphatic carbocycles. The van der Waals surface area contributed by atoms with Gasteiger partial charge in [-0.2, -0.15) is 0 Å². The molecule has 1 rings (SSSR count). The van der Waals surface area contributed by atoms with Crippen molar-refractivity contribution >= 4 is 5.91 Å². The van der Waals surface area contributed by atoms with E-state index in [9.17, 15) is 4.79 Å². The average molecular weight is 128 g/mol. The molecular weight excluding hydrogens is 116 g/mol. The fraction of sp³-hybridized carbons (Fsp3) is 0.833. The van der Waals surface area contributed by atoms with E-state index >= 15 is 0 Å². The Bertz CT molecular complexity index is 135. The molecule has 0 aromatic carbocycles. The molecule has 52 valence electrons. The summed E-state index contributed by atoms with van der Waals surface area (Å²) in [5, 5.41) is 5.90. The molecule has 0 saturated carbocycles. The van der Waals surface area contributed by atoms with Gasteiger partial charge >= 0.3 is 0 Å². The first kappa shape index (κ1) is 6.55. The lowest BCUT2D eigenvalue weighted by Crippen LogP contribution is -2.45. The Morgan fingerprint density at radius 1 is 1.78 bits per heavy atom. The molecule has 0 spiro atoms. The summed E-state index contributed by atoms with van der Waals surface area (Å²) >= 11 is 0. The quantitative estimate of drug-likeness (QED) is 0.515. The molecule has 0 aromatic rings. The summed E-state index contributed by atoms with van der Waals surface area (Å²) in [6.07, 6.45) is 0.929. The van der Waals surface area contributed by atoms with Crippen LogP contribution in [0.5, 0.6) is 0 Å². The molecular formula is C6H12N2O. The predicted octanol–water partition coefficient (Wildman–Crippen LogP) is -0.168. The monoisotopic (exact) mass is 128 g/mol. The van der Waals surface area contributed by atoms with E-state index in [0.29, 0.717) is 6.54 Å². The van der Waals surface area contributed by atoms with E-state index in [1.165, 1.54) is 0 Å². The lowest BCUT2D eigenvalue weighted by Gasteiger charge is -2.21. The molecule has 3 heteroatoms. The van der Waals surface area contributed by atoms with E-state index in [1.54, 1.807) is 0 Å². The third kappa shape index (κ3) is 1.21. The Labute approximate surface area is 54.8 Å². The number of carbonyl (C=O) groups excluding carboxylic acids is 1. The SMILES string of the molecule is CCC1(C)NCC(=O)N1. The topological polar surface area (TPSA) is 41.1 Å². The molecule has 0 radical (unpaired) electrons. The average Bonchev–Trinajstić information content (AvgIpc) is 2.13. The van der Waals surface area contributed by atoms with Crippen molar-refractivity contribution < 1.29 is 4.79 Å². The van der Waals surface area contributed by atoms with E-state index in [2.05, 4.69) is 10.6 Å². The summed E-state index contributed by atoms with van der Waals surface area (Å²) in [5.41, 5.74) is -0.142. The number of nitrogens with one attached hydrogen (secondary N) is 2. The van der Waals surface area contributed by atoms with Gasteiger partial charge in [-0.05, 0) is 13.3 Å². The van der Waals surface area contributed by atoms with Crippen molar-refractivity contribution in [3.63, 3.8) is 0 Å². The number of rotatable bonds is 1. The van der Waals surface area contributed by atoms with Gasteiger partial charge < -0.3 is 5.32 Å². The van der Waals surface area contributed by atoms with Crippen LogP contribution in [0.25, 0.3) is 0 Å². The van der Waals surface area contributed by atoms with Crippen molar-refractivity contribution in [2.75, 3.05) is 6.54 Å². The lowest BCUT2D eigenvalue weighted by atomic mass is 10.1. The van der Waals surface area contributed by atoms with Crippen molar-refractivity contribution in [1.82, 2.24) is 10.6 Å². The highest BCUT2D eigenvalue weighted by Gasteiger charge is 2.29. The van der Waals surface area contributed by atoms with Gasteiger partial charge in [0.15, 0.2) is 0 Å². The fourth-order valence-corrected chi connectivity index (χ4v) is 0.885. The van der Waals surface area contributed by atoms with Crippen LogP contribution in [0, 0.1) is 0 Å². The van der Waals surface area contributed by atoms with Crippen LogP contribution in [0.3, 0.4) is 0 Å². The maximum Gasteiger partial charge on any atom is 0.235 e. The molecule has 0 aromatic heterocycles. The molecule has 1 fully saturated rings. The number of carbonyl (C=O) groups is 1. The maximum atomic E-state index is 10.6. The Hall–Kier alpha value is -0.570. The van der Waals surface area contributed by atoms with Crippen LogP contribution in [-0.4, -0.2) is 18.1 Å². The minimum Gasteiger partial charge on any atom is -0.337 e. The van der Waals surface area contributed by atoms with Crippen LogP contribution in [0.15, 0.2) is 0 Å². The molecule has 1 heterocycles. The Morgan fingerprint density at radius 3 is 2.67 bits per heavy atom. The first-order chi connectivity index (χ1) is 4.16. The van der Waals surface area contributed by atoms with Gasteiger partial charge in [0.25, 0.3) is 0 Å². The lowest BCUT2D eigenvalue weighted by molar-refractivity contribution is -0.118. The van der Waals surface area contributed by atoms with Crippen molar-refractivity contribution in [3.05, 3.63) is 0 Å². The van der Waals surface area contributed by atoms with Crippen LogP contribution in [-0.2, 0) is 4.79 Å². The van der Waals surface area contributed by atoms with E-state index in [0.717, 1.165) is 6.42 Å². The van der Waals surface area contributed by atoms with Crippen molar-refractivity contribution in [2.45, 2.75) is 25.9 Å². The van der Waals surface area contributed by atoms with Crippen LogP contribution in [0.1, 0.15) is 20.3 Å². The highest BCUT2D eigenvalue weighted by molar-refractivity contribution is 5.81. The molecule has 1 saturated heterocycles. The normalized spacial score (nSPS) is 34.7. The standard InChI is InChI=1S/C6H12N2O/c1-3-6(2)7-4-5(9)8-6/h7H,3-4H2,1-2H3,(H,8,9). The van der Waals surface area contributed by atoms with Gasteiger partial charge in [0, 0.05) is 0 Å².